The van der Waals surface area contributed by atoms with Gasteiger partial charge in [-0.1, -0.05) is 18.3 Å². The second-order valence-electron chi connectivity index (χ2n) is 4.82. The van der Waals surface area contributed by atoms with Crippen LogP contribution in [0.2, 0.25) is 0 Å². The Morgan fingerprint density at radius 2 is 1.88 bits per heavy atom. The topological polar surface area (TPSA) is 94.6 Å². The maximum Gasteiger partial charge on any atom is 0.573 e. The van der Waals surface area contributed by atoms with Crippen molar-refractivity contribution in [2.24, 2.45) is 0 Å². The molecule has 1 aromatic carbocycles. The number of aromatic nitrogens is 1. The molecule has 0 radical (unpaired) electrons. The van der Waals surface area contributed by atoms with Crippen molar-refractivity contribution < 1.29 is 35.9 Å². The number of aryl methyl sites for hydroxylation is 1. The van der Waals surface area contributed by atoms with Gasteiger partial charge in [-0.3, -0.25) is 9.52 Å². The molecule has 1 heterocycles. The average Bonchev–Trinajstić information content (AvgIpc) is 2.86. The number of hydrogen-bond acceptors (Lipinski definition) is 7. The van der Waals surface area contributed by atoms with Crippen LogP contribution in [-0.2, 0) is 21.2 Å². The van der Waals surface area contributed by atoms with Gasteiger partial charge in [0.25, 0.3) is 10.0 Å². The number of alkyl halides is 3. The number of esters is 1. The van der Waals surface area contributed by atoms with Crippen LogP contribution in [0.25, 0.3) is 0 Å². The highest BCUT2D eigenvalue weighted by molar-refractivity contribution is 7.93. The van der Waals surface area contributed by atoms with Gasteiger partial charge in [0.1, 0.15) is 5.75 Å². The number of sulfonamides is 1. The number of carbonyl (C=O) groups excluding carboxylic acids is 1. The average molecular weight is 410 g/mol. The summed E-state index contributed by atoms with van der Waals surface area (Å²) >= 11 is 0.982. The molecule has 1 N–H and O–H groups in total. The molecule has 0 fully saturated rings. The van der Waals surface area contributed by atoms with Gasteiger partial charge in [0, 0.05) is 6.92 Å². The predicted octanol–water partition coefficient (Wildman–Crippen LogP) is 3.33. The number of ether oxygens (including phenoxy) is 2. The van der Waals surface area contributed by atoms with Gasteiger partial charge in [0.2, 0.25) is 5.88 Å². The fourth-order valence-electron chi connectivity index (χ4n) is 1.82. The van der Waals surface area contributed by atoms with Gasteiger partial charge in [0.05, 0.1) is 9.77 Å². The number of anilines is 1. The summed E-state index contributed by atoms with van der Waals surface area (Å²) in [6.07, 6.45) is -4.41. The number of hydrogen-bond donors (Lipinski definition) is 1. The smallest absolute Gasteiger partial charge is 0.406 e. The molecule has 0 spiro atoms. The van der Waals surface area contributed by atoms with E-state index in [0.29, 0.717) is 11.3 Å². The molecule has 12 heteroatoms. The van der Waals surface area contributed by atoms with Crippen LogP contribution in [0, 0.1) is 0 Å². The Morgan fingerprint density at radius 1 is 1.27 bits per heavy atom. The van der Waals surface area contributed by atoms with Crippen LogP contribution in [0.3, 0.4) is 0 Å². The molecule has 142 valence electrons. The van der Waals surface area contributed by atoms with Crippen molar-refractivity contribution in [2.75, 3.05) is 4.72 Å². The number of benzene rings is 1. The van der Waals surface area contributed by atoms with Gasteiger partial charge in [-0.05, 0) is 30.7 Å². The van der Waals surface area contributed by atoms with Gasteiger partial charge >= 0.3 is 12.3 Å². The van der Waals surface area contributed by atoms with Crippen LogP contribution in [-0.4, -0.2) is 25.7 Å². The summed E-state index contributed by atoms with van der Waals surface area (Å²) in [5.41, 5.74) is 0. The highest BCUT2D eigenvalue weighted by Crippen LogP contribution is 2.31. The first-order valence-corrected chi connectivity index (χ1v) is 9.37. The number of carbonyl (C=O) groups is 1. The number of rotatable bonds is 6. The molecule has 0 saturated carbocycles. The molecule has 1 aromatic heterocycles. The molecule has 7 nitrogen and oxygen atoms in total. The Bertz CT molecular complexity index is 892. The summed E-state index contributed by atoms with van der Waals surface area (Å²) in [5.74, 6) is -1.13. The van der Waals surface area contributed by atoms with Crippen molar-refractivity contribution >= 4 is 32.5 Å². The van der Waals surface area contributed by atoms with E-state index < -0.39 is 28.1 Å². The summed E-state index contributed by atoms with van der Waals surface area (Å²) in [5, 5.41) is -0.0336. The van der Waals surface area contributed by atoms with Crippen LogP contribution in [0.4, 0.5) is 18.3 Å². The fourth-order valence-corrected chi connectivity index (χ4v) is 3.88. The van der Waals surface area contributed by atoms with Crippen LogP contribution >= 0.6 is 11.3 Å². The van der Waals surface area contributed by atoms with Crippen molar-refractivity contribution in [2.45, 2.75) is 31.5 Å². The monoisotopic (exact) mass is 410 g/mol. The normalized spacial score (nSPS) is 11.9. The highest BCUT2D eigenvalue weighted by atomic mass is 32.2. The third-order valence-corrected chi connectivity index (χ3v) is 5.39. The van der Waals surface area contributed by atoms with E-state index in [1.807, 2.05) is 0 Å². The molecule has 0 aliphatic carbocycles. The zero-order chi connectivity index (χ0) is 19.5. The lowest BCUT2D eigenvalue weighted by Crippen LogP contribution is -2.17. The van der Waals surface area contributed by atoms with Crippen molar-refractivity contribution in [3.8, 4) is 11.6 Å². The number of nitrogens with zero attached hydrogens (tertiary/aromatic N) is 1. The van der Waals surface area contributed by atoms with Gasteiger partial charge in [0.15, 0.2) is 5.13 Å². The van der Waals surface area contributed by atoms with Crippen molar-refractivity contribution in [1.82, 2.24) is 4.98 Å². The summed E-state index contributed by atoms with van der Waals surface area (Å²) in [4.78, 5) is 15.2. The fraction of sp³-hybridized carbons (Fsp3) is 0.286. The Morgan fingerprint density at radius 3 is 2.38 bits per heavy atom. The number of halogens is 3. The van der Waals surface area contributed by atoms with Gasteiger partial charge < -0.3 is 9.47 Å². The van der Waals surface area contributed by atoms with Crippen LogP contribution < -0.4 is 14.2 Å². The van der Waals surface area contributed by atoms with E-state index in [0.717, 1.165) is 35.6 Å². The third kappa shape index (κ3) is 5.33. The number of thiazole rings is 1. The molecular formula is C14H13F3N2O5S2. The van der Waals surface area contributed by atoms with Gasteiger partial charge in [-0.15, -0.1) is 13.2 Å². The zero-order valence-electron chi connectivity index (χ0n) is 13.5. The standard InChI is InChI=1S/C14H13F3N2O5S2/c1-3-11-12(23-8(2)20)18-13(25-11)19-26(21,22)10-6-4-9(5-7-10)24-14(15,16)17/h4-7H,3H2,1-2H3,(H,18,19). The van der Waals surface area contributed by atoms with Crippen molar-refractivity contribution in [3.05, 3.63) is 29.1 Å². The Labute approximate surface area is 150 Å². The van der Waals surface area contributed by atoms with E-state index in [9.17, 15) is 26.4 Å². The molecule has 26 heavy (non-hydrogen) atoms. The zero-order valence-corrected chi connectivity index (χ0v) is 15.1. The lowest BCUT2D eigenvalue weighted by Gasteiger charge is -2.09. The lowest BCUT2D eigenvalue weighted by molar-refractivity contribution is -0.274. The Hall–Kier alpha value is -2.34. The van der Waals surface area contributed by atoms with Gasteiger partial charge in [-0.25, -0.2) is 8.42 Å². The maximum atomic E-state index is 12.3. The minimum Gasteiger partial charge on any atom is -0.406 e. The van der Waals surface area contributed by atoms with Crippen LogP contribution in [0.5, 0.6) is 11.6 Å². The molecule has 0 amide bonds. The maximum absolute atomic E-state index is 12.3. The van der Waals surface area contributed by atoms with E-state index in [1.54, 1.807) is 6.92 Å². The molecule has 0 aliphatic heterocycles. The van der Waals surface area contributed by atoms with Crippen LogP contribution in [0.1, 0.15) is 18.7 Å². The second-order valence-corrected chi connectivity index (χ2v) is 7.59. The first-order valence-electron chi connectivity index (χ1n) is 7.07. The summed E-state index contributed by atoms with van der Waals surface area (Å²) < 4.78 is 71.8. The largest absolute Gasteiger partial charge is 0.573 e. The van der Waals surface area contributed by atoms with Crippen LogP contribution in [0.15, 0.2) is 29.2 Å². The van der Waals surface area contributed by atoms with Gasteiger partial charge in [-0.2, -0.15) is 4.98 Å². The summed E-state index contributed by atoms with van der Waals surface area (Å²) in [7, 11) is -4.09. The lowest BCUT2D eigenvalue weighted by atomic mass is 10.3. The molecule has 0 bridgehead atoms. The summed E-state index contributed by atoms with van der Waals surface area (Å²) in [6.45, 7) is 2.96. The first-order chi connectivity index (χ1) is 12.0. The predicted molar refractivity (Wildman–Crippen MR) is 86.7 cm³/mol. The molecule has 0 atom stereocenters. The van der Waals surface area contributed by atoms with E-state index in [4.69, 9.17) is 4.74 Å². The SMILES string of the molecule is CCc1sc(NS(=O)(=O)c2ccc(OC(F)(F)F)cc2)nc1OC(C)=O. The molecule has 2 rings (SSSR count). The minimum atomic E-state index is -4.87. The highest BCUT2D eigenvalue weighted by Gasteiger charge is 2.31. The Balaban J connectivity index is 2.20. The molecule has 0 aliphatic rings. The van der Waals surface area contributed by atoms with E-state index in [-0.39, 0.29) is 15.9 Å². The van der Waals surface area contributed by atoms with E-state index in [2.05, 4.69) is 14.4 Å². The molecular weight excluding hydrogens is 397 g/mol. The quantitative estimate of drug-likeness (QED) is 0.734. The molecule has 0 unspecified atom stereocenters. The first kappa shape index (κ1) is 20.0. The molecule has 2 aromatic rings. The summed E-state index contributed by atoms with van der Waals surface area (Å²) in [6, 6.07) is 3.69. The second kappa shape index (κ2) is 7.50. The van der Waals surface area contributed by atoms with Crippen molar-refractivity contribution in [1.29, 1.82) is 0 Å². The third-order valence-electron chi connectivity index (χ3n) is 2.81. The molecule has 0 saturated heterocycles. The number of nitrogens with one attached hydrogen (secondary N) is 1. The van der Waals surface area contributed by atoms with E-state index in [1.165, 1.54) is 6.92 Å². The Kier molecular flexibility index (Phi) is 5.76. The van der Waals surface area contributed by atoms with Crippen molar-refractivity contribution in [3.63, 3.8) is 0 Å². The van der Waals surface area contributed by atoms with E-state index >= 15 is 0 Å². The minimum absolute atomic E-state index is 0.0108.